The van der Waals surface area contributed by atoms with E-state index in [1.807, 2.05) is 13.8 Å². The van der Waals surface area contributed by atoms with Gasteiger partial charge >= 0.3 is 5.97 Å². The molecule has 0 fully saturated rings. The second-order valence-corrected chi connectivity index (χ2v) is 3.22. The molecule has 3 N–H and O–H groups in total. The summed E-state index contributed by atoms with van der Waals surface area (Å²) in [7, 11) is 0. The minimum Gasteiger partial charge on any atom is -0.481 e. The van der Waals surface area contributed by atoms with Crippen LogP contribution < -0.4 is 5.32 Å². The van der Waals surface area contributed by atoms with E-state index in [0.29, 0.717) is 6.54 Å². The first kappa shape index (κ1) is 12.4. The Labute approximate surface area is 79.0 Å². The van der Waals surface area contributed by atoms with Crippen molar-refractivity contribution in [2.75, 3.05) is 13.2 Å². The minimum absolute atomic E-state index is 0.0552. The number of aliphatic hydroxyl groups is 1. The van der Waals surface area contributed by atoms with Crippen molar-refractivity contribution in [3.05, 3.63) is 0 Å². The van der Waals surface area contributed by atoms with Gasteiger partial charge in [-0.2, -0.15) is 0 Å². The topological polar surface area (TPSA) is 69.6 Å². The maximum atomic E-state index is 10.2. The van der Waals surface area contributed by atoms with Crippen molar-refractivity contribution in [1.29, 1.82) is 0 Å². The molecule has 0 spiro atoms. The number of aliphatic hydroxyl groups excluding tert-OH is 1. The molecule has 13 heavy (non-hydrogen) atoms. The maximum Gasteiger partial charge on any atom is 0.304 e. The molecule has 78 valence electrons. The molecule has 0 saturated heterocycles. The molecule has 0 saturated carbocycles. The van der Waals surface area contributed by atoms with E-state index >= 15 is 0 Å². The highest BCUT2D eigenvalue weighted by molar-refractivity contribution is 5.66. The number of carbonyl (C=O) groups is 1. The van der Waals surface area contributed by atoms with E-state index in [1.165, 1.54) is 0 Å². The molecule has 0 aromatic carbocycles. The third-order valence-corrected chi connectivity index (χ3v) is 2.50. The van der Waals surface area contributed by atoms with Gasteiger partial charge in [0.05, 0.1) is 13.0 Å². The Morgan fingerprint density at radius 2 is 1.92 bits per heavy atom. The third kappa shape index (κ3) is 4.24. The molecule has 0 bridgehead atoms. The summed E-state index contributed by atoms with van der Waals surface area (Å²) in [6.07, 6.45) is 1.71. The van der Waals surface area contributed by atoms with Crippen molar-refractivity contribution < 1.29 is 15.0 Å². The number of rotatable bonds is 7. The van der Waals surface area contributed by atoms with E-state index in [-0.39, 0.29) is 18.6 Å². The number of nitrogens with one attached hydrogen (secondary N) is 1. The van der Waals surface area contributed by atoms with Crippen molar-refractivity contribution in [2.24, 2.45) is 0 Å². The first-order valence-electron chi connectivity index (χ1n) is 4.68. The second-order valence-electron chi connectivity index (χ2n) is 3.22. The summed E-state index contributed by atoms with van der Waals surface area (Å²) in [6, 6.07) is 0. The van der Waals surface area contributed by atoms with Crippen LogP contribution >= 0.6 is 0 Å². The van der Waals surface area contributed by atoms with Crippen molar-refractivity contribution in [3.63, 3.8) is 0 Å². The smallest absolute Gasteiger partial charge is 0.304 e. The van der Waals surface area contributed by atoms with E-state index in [0.717, 1.165) is 12.8 Å². The number of hydrogen-bond donors (Lipinski definition) is 3. The predicted molar refractivity (Wildman–Crippen MR) is 50.7 cm³/mol. The summed E-state index contributed by atoms with van der Waals surface area (Å²) in [6.45, 7) is 4.43. The van der Waals surface area contributed by atoms with Crippen LogP contribution in [0.5, 0.6) is 0 Å². The van der Waals surface area contributed by atoms with Gasteiger partial charge in [-0.25, -0.2) is 0 Å². The van der Waals surface area contributed by atoms with Gasteiger partial charge in [-0.15, -0.1) is 0 Å². The lowest BCUT2D eigenvalue weighted by molar-refractivity contribution is -0.137. The van der Waals surface area contributed by atoms with Crippen molar-refractivity contribution >= 4 is 5.97 Å². The third-order valence-electron chi connectivity index (χ3n) is 2.50. The Balaban J connectivity index is 3.88. The van der Waals surface area contributed by atoms with Crippen LogP contribution in [0.2, 0.25) is 0 Å². The van der Waals surface area contributed by atoms with Crippen LogP contribution in [0.3, 0.4) is 0 Å². The lowest BCUT2D eigenvalue weighted by atomic mass is 9.94. The molecule has 4 heteroatoms. The van der Waals surface area contributed by atoms with Crippen molar-refractivity contribution in [1.82, 2.24) is 5.32 Å². The quantitative estimate of drug-likeness (QED) is 0.548. The molecule has 0 unspecified atom stereocenters. The molecule has 0 aliphatic carbocycles. The molecule has 0 aromatic rings. The Bertz CT molecular complexity index is 147. The monoisotopic (exact) mass is 189 g/mol. The second kappa shape index (κ2) is 5.94. The van der Waals surface area contributed by atoms with Gasteiger partial charge in [0, 0.05) is 12.1 Å². The largest absolute Gasteiger partial charge is 0.481 e. The number of hydrogen-bond acceptors (Lipinski definition) is 3. The maximum absolute atomic E-state index is 10.2. The molecule has 0 radical (unpaired) electrons. The molecular weight excluding hydrogens is 170 g/mol. The zero-order valence-corrected chi connectivity index (χ0v) is 8.34. The van der Waals surface area contributed by atoms with Crippen molar-refractivity contribution in [2.45, 2.75) is 38.6 Å². The van der Waals surface area contributed by atoms with Crippen LogP contribution in [0.4, 0.5) is 0 Å². The Morgan fingerprint density at radius 1 is 1.38 bits per heavy atom. The van der Waals surface area contributed by atoms with Crippen LogP contribution in [-0.2, 0) is 4.79 Å². The average molecular weight is 189 g/mol. The van der Waals surface area contributed by atoms with Gasteiger partial charge in [0.1, 0.15) is 0 Å². The van der Waals surface area contributed by atoms with Gasteiger partial charge in [0.15, 0.2) is 0 Å². The zero-order valence-electron chi connectivity index (χ0n) is 8.34. The van der Waals surface area contributed by atoms with Gasteiger partial charge in [-0.1, -0.05) is 13.8 Å². The standard InChI is InChI=1S/C9H19NO3/c1-3-9(4-2,7-11)10-6-5-8(12)13/h10-11H,3-7H2,1-2H3,(H,12,13). The van der Waals surface area contributed by atoms with E-state index in [2.05, 4.69) is 5.32 Å². The summed E-state index contributed by atoms with van der Waals surface area (Å²) >= 11 is 0. The highest BCUT2D eigenvalue weighted by Gasteiger charge is 2.23. The Hall–Kier alpha value is -0.610. The van der Waals surface area contributed by atoms with Gasteiger partial charge in [-0.3, -0.25) is 4.79 Å². The summed E-state index contributed by atoms with van der Waals surface area (Å²) in [4.78, 5) is 10.2. The molecule has 4 nitrogen and oxygen atoms in total. The van der Waals surface area contributed by atoms with E-state index in [1.54, 1.807) is 0 Å². The molecule has 0 aliphatic rings. The Kier molecular flexibility index (Phi) is 5.66. The first-order chi connectivity index (χ1) is 6.10. The summed E-state index contributed by atoms with van der Waals surface area (Å²) < 4.78 is 0. The van der Waals surface area contributed by atoms with Gasteiger partial charge < -0.3 is 15.5 Å². The summed E-state index contributed by atoms with van der Waals surface area (Å²) in [5.74, 6) is -0.813. The van der Waals surface area contributed by atoms with Gasteiger partial charge in [0.2, 0.25) is 0 Å². The van der Waals surface area contributed by atoms with Crippen molar-refractivity contribution in [3.8, 4) is 0 Å². The van der Waals surface area contributed by atoms with Crippen LogP contribution in [0, 0.1) is 0 Å². The van der Waals surface area contributed by atoms with E-state index in [9.17, 15) is 4.79 Å². The number of carboxylic acids is 1. The first-order valence-corrected chi connectivity index (χ1v) is 4.68. The summed E-state index contributed by atoms with van der Waals surface area (Å²) in [5.41, 5.74) is -0.296. The molecule has 0 amide bonds. The minimum atomic E-state index is -0.813. The molecule has 0 atom stereocenters. The average Bonchev–Trinajstić information content (AvgIpc) is 2.13. The van der Waals surface area contributed by atoms with E-state index < -0.39 is 5.97 Å². The highest BCUT2D eigenvalue weighted by atomic mass is 16.4. The van der Waals surface area contributed by atoms with Crippen LogP contribution in [0.1, 0.15) is 33.1 Å². The fraction of sp³-hybridized carbons (Fsp3) is 0.889. The number of carboxylic acid groups (broad SMARTS) is 1. The van der Waals surface area contributed by atoms with E-state index in [4.69, 9.17) is 10.2 Å². The van der Waals surface area contributed by atoms with Crippen LogP contribution in [0.15, 0.2) is 0 Å². The lowest BCUT2D eigenvalue weighted by Crippen LogP contribution is -2.48. The zero-order chi connectivity index (χ0) is 10.3. The van der Waals surface area contributed by atoms with Crippen LogP contribution in [0.25, 0.3) is 0 Å². The van der Waals surface area contributed by atoms with Gasteiger partial charge in [0.25, 0.3) is 0 Å². The summed E-state index contributed by atoms with van der Waals surface area (Å²) in [5, 5.41) is 20.6. The molecule has 0 aliphatic heterocycles. The van der Waals surface area contributed by atoms with Crippen LogP contribution in [-0.4, -0.2) is 34.9 Å². The molecule has 0 aromatic heterocycles. The highest BCUT2D eigenvalue weighted by Crippen LogP contribution is 2.13. The molecule has 0 rings (SSSR count). The predicted octanol–water partition coefficient (Wildman–Crippen LogP) is 0.602. The SMILES string of the molecule is CCC(CC)(CO)NCCC(=O)O. The lowest BCUT2D eigenvalue weighted by Gasteiger charge is -2.30. The Morgan fingerprint density at radius 3 is 2.23 bits per heavy atom. The van der Waals surface area contributed by atoms with Gasteiger partial charge in [-0.05, 0) is 12.8 Å². The fourth-order valence-electron chi connectivity index (χ4n) is 1.21. The molecular formula is C9H19NO3. The number of aliphatic carboxylic acids is 1. The fourth-order valence-corrected chi connectivity index (χ4v) is 1.21. The molecule has 0 heterocycles. The normalized spacial score (nSPS) is 11.6.